The smallest absolute Gasteiger partial charge is 0.239 e. The van der Waals surface area contributed by atoms with Crippen molar-refractivity contribution in [2.24, 2.45) is 0 Å². The first-order chi connectivity index (χ1) is 9.63. The van der Waals surface area contributed by atoms with Crippen LogP contribution in [-0.4, -0.2) is 30.2 Å². The number of hydrogen-bond acceptors (Lipinski definition) is 3. The largest absolute Gasteiger partial charge is 0.352 e. The van der Waals surface area contributed by atoms with Gasteiger partial charge in [0.15, 0.2) is 0 Å². The van der Waals surface area contributed by atoms with Crippen molar-refractivity contribution in [3.05, 3.63) is 29.3 Å². The molecular weight excluding hydrogens is 296 g/mol. The van der Waals surface area contributed by atoms with E-state index in [9.17, 15) is 9.59 Å². The van der Waals surface area contributed by atoms with Gasteiger partial charge in [-0.2, -0.15) is 0 Å². The Balaban J connectivity index is 1.57. The summed E-state index contributed by atoms with van der Waals surface area (Å²) in [5.74, 6) is 0.473. The van der Waals surface area contributed by atoms with E-state index >= 15 is 0 Å². The van der Waals surface area contributed by atoms with Gasteiger partial charge >= 0.3 is 0 Å². The molecule has 4 nitrogen and oxygen atoms in total. The molecule has 0 unspecified atom stereocenters. The van der Waals surface area contributed by atoms with Gasteiger partial charge < -0.3 is 10.6 Å². The standard InChI is InChI=1S/C14H17ClN2O2S/c15-10-1-5-12(6-2-10)20-8-7-13(18)16-9-14(19)17-11-3-4-11/h1-2,5-6,11H,3-4,7-9H2,(H,16,18)(H,17,19). The molecular formula is C14H17ClN2O2S. The number of thioether (sulfide) groups is 1. The van der Waals surface area contributed by atoms with Gasteiger partial charge in [-0.05, 0) is 37.1 Å². The fraction of sp³-hybridized carbons (Fsp3) is 0.429. The molecule has 0 radical (unpaired) electrons. The number of amides is 2. The van der Waals surface area contributed by atoms with Crippen LogP contribution in [0.3, 0.4) is 0 Å². The van der Waals surface area contributed by atoms with Gasteiger partial charge in [0.2, 0.25) is 11.8 Å². The fourth-order valence-corrected chi connectivity index (χ4v) is 2.54. The molecule has 20 heavy (non-hydrogen) atoms. The Morgan fingerprint density at radius 2 is 1.90 bits per heavy atom. The van der Waals surface area contributed by atoms with Gasteiger partial charge in [-0.1, -0.05) is 11.6 Å². The van der Waals surface area contributed by atoms with E-state index in [1.54, 1.807) is 11.8 Å². The van der Waals surface area contributed by atoms with Crippen molar-refractivity contribution in [2.75, 3.05) is 12.3 Å². The van der Waals surface area contributed by atoms with Gasteiger partial charge in [-0.15, -0.1) is 11.8 Å². The van der Waals surface area contributed by atoms with Gasteiger partial charge in [-0.3, -0.25) is 9.59 Å². The molecule has 0 bridgehead atoms. The van der Waals surface area contributed by atoms with Gasteiger partial charge in [0.25, 0.3) is 0 Å². The summed E-state index contributed by atoms with van der Waals surface area (Å²) in [6.45, 7) is 0.0704. The third-order valence-corrected chi connectivity index (χ3v) is 4.07. The summed E-state index contributed by atoms with van der Waals surface area (Å²) in [7, 11) is 0. The maximum atomic E-state index is 11.6. The number of nitrogens with one attached hydrogen (secondary N) is 2. The fourth-order valence-electron chi connectivity index (χ4n) is 1.57. The molecule has 0 saturated heterocycles. The molecule has 0 heterocycles. The zero-order valence-corrected chi connectivity index (χ0v) is 12.6. The maximum absolute atomic E-state index is 11.6. The van der Waals surface area contributed by atoms with E-state index in [4.69, 9.17) is 11.6 Å². The van der Waals surface area contributed by atoms with Crippen LogP contribution in [0.2, 0.25) is 5.02 Å². The third kappa shape index (κ3) is 5.84. The molecule has 0 atom stereocenters. The van der Waals surface area contributed by atoms with Crippen molar-refractivity contribution in [1.29, 1.82) is 0 Å². The molecule has 108 valence electrons. The number of rotatable bonds is 7. The van der Waals surface area contributed by atoms with E-state index < -0.39 is 0 Å². The second-order valence-electron chi connectivity index (χ2n) is 4.67. The Labute approximate surface area is 127 Å². The number of halogens is 1. The number of hydrogen-bond donors (Lipinski definition) is 2. The Morgan fingerprint density at radius 1 is 1.20 bits per heavy atom. The molecule has 1 aromatic carbocycles. The van der Waals surface area contributed by atoms with Crippen LogP contribution in [0.5, 0.6) is 0 Å². The maximum Gasteiger partial charge on any atom is 0.239 e. The quantitative estimate of drug-likeness (QED) is 0.759. The summed E-state index contributed by atoms with van der Waals surface area (Å²) in [4.78, 5) is 24.0. The molecule has 1 saturated carbocycles. The minimum atomic E-state index is -0.105. The highest BCUT2D eigenvalue weighted by molar-refractivity contribution is 7.99. The summed E-state index contributed by atoms with van der Waals surface area (Å²) < 4.78 is 0. The zero-order chi connectivity index (χ0) is 14.4. The Morgan fingerprint density at radius 3 is 2.55 bits per heavy atom. The lowest BCUT2D eigenvalue weighted by Crippen LogP contribution is -2.37. The van der Waals surface area contributed by atoms with Crippen LogP contribution in [0.4, 0.5) is 0 Å². The normalized spacial score (nSPS) is 13.8. The molecule has 1 aromatic rings. The lowest BCUT2D eigenvalue weighted by molar-refractivity contribution is -0.125. The van der Waals surface area contributed by atoms with E-state index in [0.717, 1.165) is 17.7 Å². The van der Waals surface area contributed by atoms with Crippen molar-refractivity contribution in [3.8, 4) is 0 Å². The van der Waals surface area contributed by atoms with Crippen molar-refractivity contribution >= 4 is 35.2 Å². The summed E-state index contributed by atoms with van der Waals surface area (Å²) in [5.41, 5.74) is 0. The topological polar surface area (TPSA) is 58.2 Å². The second-order valence-corrected chi connectivity index (χ2v) is 6.28. The molecule has 0 spiro atoms. The highest BCUT2D eigenvalue weighted by Crippen LogP contribution is 2.20. The van der Waals surface area contributed by atoms with Crippen molar-refractivity contribution < 1.29 is 9.59 Å². The Bertz CT molecular complexity index is 475. The first kappa shape index (κ1) is 15.2. The first-order valence-electron chi connectivity index (χ1n) is 6.58. The van der Waals surface area contributed by atoms with Gasteiger partial charge in [0.1, 0.15) is 0 Å². The van der Waals surface area contributed by atoms with Crippen LogP contribution in [0.25, 0.3) is 0 Å². The van der Waals surface area contributed by atoms with Crippen LogP contribution < -0.4 is 10.6 Å². The molecule has 1 aliphatic rings. The molecule has 1 fully saturated rings. The molecule has 6 heteroatoms. The SMILES string of the molecule is O=C(CCSc1ccc(Cl)cc1)NCC(=O)NC1CC1. The highest BCUT2D eigenvalue weighted by Gasteiger charge is 2.23. The van der Waals surface area contributed by atoms with Gasteiger partial charge in [-0.25, -0.2) is 0 Å². The predicted octanol–water partition coefficient (Wildman–Crippen LogP) is 2.22. The van der Waals surface area contributed by atoms with Crippen LogP contribution in [0.1, 0.15) is 19.3 Å². The summed E-state index contributed by atoms with van der Waals surface area (Å²) in [6.07, 6.45) is 2.50. The van der Waals surface area contributed by atoms with E-state index in [-0.39, 0.29) is 18.4 Å². The lowest BCUT2D eigenvalue weighted by atomic mass is 10.4. The Kier molecular flexibility index (Phi) is 5.73. The van der Waals surface area contributed by atoms with E-state index in [2.05, 4.69) is 10.6 Å². The van der Waals surface area contributed by atoms with Crippen LogP contribution in [-0.2, 0) is 9.59 Å². The van der Waals surface area contributed by atoms with Gasteiger partial charge in [0, 0.05) is 28.1 Å². The average molecular weight is 313 g/mol. The molecule has 1 aliphatic carbocycles. The van der Waals surface area contributed by atoms with E-state index in [1.807, 2.05) is 24.3 Å². The first-order valence-corrected chi connectivity index (χ1v) is 7.94. The van der Waals surface area contributed by atoms with Crippen LogP contribution in [0, 0.1) is 0 Å². The molecule has 0 aromatic heterocycles. The third-order valence-electron chi connectivity index (χ3n) is 2.80. The van der Waals surface area contributed by atoms with E-state index in [1.165, 1.54) is 0 Å². The van der Waals surface area contributed by atoms with Crippen molar-refractivity contribution in [3.63, 3.8) is 0 Å². The Hall–Kier alpha value is -1.20. The van der Waals surface area contributed by atoms with Crippen molar-refractivity contribution in [2.45, 2.75) is 30.2 Å². The monoisotopic (exact) mass is 312 g/mol. The second kappa shape index (κ2) is 7.55. The minimum absolute atomic E-state index is 0.0704. The zero-order valence-electron chi connectivity index (χ0n) is 11.0. The molecule has 2 rings (SSSR count). The van der Waals surface area contributed by atoms with Crippen molar-refractivity contribution in [1.82, 2.24) is 10.6 Å². The minimum Gasteiger partial charge on any atom is -0.352 e. The van der Waals surface area contributed by atoms with E-state index in [0.29, 0.717) is 23.2 Å². The average Bonchev–Trinajstić information content (AvgIpc) is 3.23. The number of carbonyl (C=O) groups is 2. The lowest BCUT2D eigenvalue weighted by Gasteiger charge is -2.06. The summed E-state index contributed by atoms with van der Waals surface area (Å²) in [5, 5.41) is 6.15. The number of carbonyl (C=O) groups excluding carboxylic acids is 2. The molecule has 2 N–H and O–H groups in total. The summed E-state index contributed by atoms with van der Waals surface area (Å²) in [6, 6.07) is 7.83. The van der Waals surface area contributed by atoms with Gasteiger partial charge in [0.05, 0.1) is 6.54 Å². The van der Waals surface area contributed by atoms with Crippen LogP contribution in [0.15, 0.2) is 29.2 Å². The molecule has 0 aliphatic heterocycles. The number of benzene rings is 1. The predicted molar refractivity (Wildman–Crippen MR) is 81.0 cm³/mol. The summed E-state index contributed by atoms with van der Waals surface area (Å²) >= 11 is 7.39. The highest BCUT2D eigenvalue weighted by atomic mass is 35.5. The van der Waals surface area contributed by atoms with Crippen LogP contribution >= 0.6 is 23.4 Å². The molecule has 2 amide bonds.